The van der Waals surface area contributed by atoms with E-state index in [1.165, 1.54) is 101 Å². The Kier molecular flexibility index (Phi) is 19.2. The molecule has 142 valence electrons. The summed E-state index contributed by atoms with van der Waals surface area (Å²) in [5.41, 5.74) is 0. The molecule has 0 saturated heterocycles. The Labute approximate surface area is 158 Å². The fraction of sp³-hybridized carbons (Fsp3) is 1.00. The highest BCUT2D eigenvalue weighted by molar-refractivity contribution is 4.49. The number of unbranched alkanes of at least 4 members (excludes halogenated alkanes) is 11. The third kappa shape index (κ3) is 20.4. The van der Waals surface area contributed by atoms with Gasteiger partial charge in [-0.2, -0.15) is 0 Å². The molecule has 0 saturated carbocycles. The molecule has 0 aliphatic rings. The highest BCUT2D eigenvalue weighted by Crippen LogP contribution is 2.12. The van der Waals surface area contributed by atoms with Crippen LogP contribution < -0.4 is 17.0 Å². The Morgan fingerprint density at radius 2 is 1.00 bits per heavy atom. The van der Waals surface area contributed by atoms with Crippen LogP contribution in [0, 0.1) is 0 Å². The maximum atomic E-state index is 2.38. The Morgan fingerprint density at radius 1 is 0.609 bits per heavy atom. The van der Waals surface area contributed by atoms with Gasteiger partial charge in [0.2, 0.25) is 0 Å². The van der Waals surface area contributed by atoms with Gasteiger partial charge in [0.25, 0.3) is 0 Å². The first-order valence-corrected chi connectivity index (χ1v) is 9.94. The van der Waals surface area contributed by atoms with Crippen LogP contribution in [0.3, 0.4) is 0 Å². The first-order chi connectivity index (χ1) is 10.5. The third-order valence-corrected chi connectivity index (χ3v) is 4.77. The highest BCUT2D eigenvalue weighted by atomic mass is 79.9. The average Bonchev–Trinajstić information content (AvgIpc) is 2.46. The molecule has 0 bridgehead atoms. The molecular weight excluding hydrogens is 348 g/mol. The van der Waals surface area contributed by atoms with Gasteiger partial charge in [0.15, 0.2) is 0 Å². The predicted octanol–water partition coefficient (Wildman–Crippen LogP) is 2.33. The standard InChI is InChI=1S/C20H45N2.BrH/c1-6-7-8-9-10-11-12-13-14-15-16-17-19-22(4,5)20-18-21(2)3;/h6-20H2,1-5H3;1H/q+1;/p-1. The van der Waals surface area contributed by atoms with Crippen LogP contribution in [0.2, 0.25) is 0 Å². The zero-order chi connectivity index (χ0) is 16.7. The predicted molar refractivity (Wildman–Crippen MR) is 101 cm³/mol. The number of rotatable bonds is 16. The smallest absolute Gasteiger partial charge is 0.0911 e. The van der Waals surface area contributed by atoms with Crippen molar-refractivity contribution >= 4 is 0 Å². The second kappa shape index (κ2) is 17.2. The van der Waals surface area contributed by atoms with E-state index in [-0.39, 0.29) is 17.0 Å². The molecule has 0 aromatic rings. The summed E-state index contributed by atoms with van der Waals surface area (Å²) in [5, 5.41) is 0. The van der Waals surface area contributed by atoms with Crippen LogP contribution >= 0.6 is 0 Å². The first-order valence-electron chi connectivity index (χ1n) is 9.94. The molecule has 0 N–H and O–H groups in total. The summed E-state index contributed by atoms with van der Waals surface area (Å²) in [5.74, 6) is 0. The van der Waals surface area contributed by atoms with E-state index >= 15 is 0 Å². The molecule has 0 amide bonds. The average molecular weight is 393 g/mol. The van der Waals surface area contributed by atoms with E-state index in [0.29, 0.717) is 0 Å². The minimum Gasteiger partial charge on any atom is -1.00 e. The molecule has 0 heterocycles. The van der Waals surface area contributed by atoms with Crippen molar-refractivity contribution in [3.05, 3.63) is 0 Å². The van der Waals surface area contributed by atoms with Crippen molar-refractivity contribution in [1.29, 1.82) is 0 Å². The quantitative estimate of drug-likeness (QED) is 0.287. The van der Waals surface area contributed by atoms with E-state index in [9.17, 15) is 0 Å². The second-order valence-corrected chi connectivity index (χ2v) is 8.08. The van der Waals surface area contributed by atoms with Gasteiger partial charge in [-0.15, -0.1) is 0 Å². The number of nitrogens with zero attached hydrogens (tertiary/aromatic N) is 2. The molecule has 3 heteroatoms. The second-order valence-electron chi connectivity index (χ2n) is 8.08. The van der Waals surface area contributed by atoms with Crippen molar-refractivity contribution in [3.63, 3.8) is 0 Å². The van der Waals surface area contributed by atoms with Crippen molar-refractivity contribution in [3.8, 4) is 0 Å². The van der Waals surface area contributed by atoms with Crippen LogP contribution in [-0.4, -0.2) is 57.2 Å². The van der Waals surface area contributed by atoms with Gasteiger partial charge in [0, 0.05) is 6.54 Å². The zero-order valence-corrected chi connectivity index (χ0v) is 18.5. The van der Waals surface area contributed by atoms with E-state index in [2.05, 4.69) is 40.0 Å². The van der Waals surface area contributed by atoms with E-state index < -0.39 is 0 Å². The summed E-state index contributed by atoms with van der Waals surface area (Å²) in [4.78, 5) is 2.29. The molecule has 0 aliphatic heterocycles. The molecule has 2 nitrogen and oxygen atoms in total. The number of hydrogen-bond donors (Lipinski definition) is 0. The molecule has 0 fully saturated rings. The van der Waals surface area contributed by atoms with E-state index in [0.717, 1.165) is 0 Å². The van der Waals surface area contributed by atoms with Crippen LogP contribution in [-0.2, 0) is 0 Å². The van der Waals surface area contributed by atoms with Gasteiger partial charge in [-0.3, -0.25) is 0 Å². The minimum absolute atomic E-state index is 0. The van der Waals surface area contributed by atoms with E-state index in [1.807, 2.05) is 0 Å². The molecule has 0 atom stereocenters. The van der Waals surface area contributed by atoms with Gasteiger partial charge in [-0.1, -0.05) is 71.1 Å². The summed E-state index contributed by atoms with van der Waals surface area (Å²) in [6.07, 6.45) is 17.3. The Morgan fingerprint density at radius 3 is 1.39 bits per heavy atom. The lowest BCUT2D eigenvalue weighted by Gasteiger charge is -2.31. The topological polar surface area (TPSA) is 3.24 Å². The van der Waals surface area contributed by atoms with E-state index in [1.54, 1.807) is 0 Å². The summed E-state index contributed by atoms with van der Waals surface area (Å²) in [7, 11) is 9.09. The van der Waals surface area contributed by atoms with Crippen molar-refractivity contribution in [2.45, 2.75) is 84.0 Å². The molecule has 0 unspecified atom stereocenters. The Balaban J connectivity index is 0. The number of hydrogen-bond acceptors (Lipinski definition) is 1. The third-order valence-electron chi connectivity index (χ3n) is 4.77. The lowest BCUT2D eigenvalue weighted by molar-refractivity contribution is -0.890. The monoisotopic (exact) mass is 392 g/mol. The summed E-state index contributed by atoms with van der Waals surface area (Å²) < 4.78 is 1.18. The van der Waals surface area contributed by atoms with Gasteiger partial charge >= 0.3 is 0 Å². The van der Waals surface area contributed by atoms with Crippen LogP contribution in [0.5, 0.6) is 0 Å². The zero-order valence-electron chi connectivity index (χ0n) is 16.9. The molecule has 0 aliphatic carbocycles. The van der Waals surface area contributed by atoms with Gasteiger partial charge in [-0.05, 0) is 26.9 Å². The first kappa shape index (κ1) is 25.6. The molecule has 0 spiro atoms. The Hall–Kier alpha value is 0.400. The fourth-order valence-electron chi connectivity index (χ4n) is 2.96. The number of likely N-dealkylation sites (N-methyl/N-ethyl adjacent to an activating group) is 2. The number of halogens is 1. The van der Waals surface area contributed by atoms with Gasteiger partial charge in [-0.25, -0.2) is 0 Å². The van der Waals surface area contributed by atoms with Gasteiger partial charge in [0.05, 0.1) is 27.2 Å². The molecule has 0 aromatic carbocycles. The van der Waals surface area contributed by atoms with Crippen LogP contribution in [0.15, 0.2) is 0 Å². The molecule has 23 heavy (non-hydrogen) atoms. The van der Waals surface area contributed by atoms with Gasteiger partial charge < -0.3 is 26.4 Å². The SMILES string of the molecule is CCCCCCCCCCCCCC[N+](C)(C)CCN(C)C.[Br-]. The maximum Gasteiger partial charge on any atom is 0.0911 e. The normalized spacial score (nSPS) is 11.7. The van der Waals surface area contributed by atoms with E-state index in [4.69, 9.17) is 0 Å². The molecule has 0 aromatic heterocycles. The highest BCUT2D eigenvalue weighted by Gasteiger charge is 2.14. The minimum atomic E-state index is 0. The van der Waals surface area contributed by atoms with Crippen molar-refractivity contribution in [2.24, 2.45) is 0 Å². The maximum absolute atomic E-state index is 2.38. The van der Waals surface area contributed by atoms with Gasteiger partial charge in [0.1, 0.15) is 0 Å². The van der Waals surface area contributed by atoms with Crippen molar-refractivity contribution < 1.29 is 21.5 Å². The van der Waals surface area contributed by atoms with Crippen molar-refractivity contribution in [2.75, 3.05) is 47.8 Å². The van der Waals surface area contributed by atoms with Crippen LogP contribution in [0.25, 0.3) is 0 Å². The summed E-state index contributed by atoms with van der Waals surface area (Å²) >= 11 is 0. The largest absolute Gasteiger partial charge is 1.00 e. The molecular formula is C20H45BrN2. The van der Waals surface area contributed by atoms with Crippen LogP contribution in [0.4, 0.5) is 0 Å². The Bertz CT molecular complexity index is 230. The summed E-state index contributed by atoms with van der Waals surface area (Å²) in [6.45, 7) is 6.10. The van der Waals surface area contributed by atoms with Crippen molar-refractivity contribution in [1.82, 2.24) is 4.90 Å². The van der Waals surface area contributed by atoms with Crippen LogP contribution in [0.1, 0.15) is 84.0 Å². The lowest BCUT2D eigenvalue weighted by atomic mass is 10.1. The molecule has 0 rings (SSSR count). The summed E-state index contributed by atoms with van der Waals surface area (Å²) in [6, 6.07) is 0. The fourth-order valence-corrected chi connectivity index (χ4v) is 2.96. The lowest BCUT2D eigenvalue weighted by Crippen LogP contribution is -3.00. The number of quaternary nitrogens is 1. The molecule has 0 radical (unpaired) electrons.